The molecule has 1 rings (SSSR count). The third-order valence-electron chi connectivity index (χ3n) is 6.26. The molecule has 6 atom stereocenters. The Labute approximate surface area is 204 Å². The summed E-state index contributed by atoms with van der Waals surface area (Å²) in [5.41, 5.74) is 0.847. The molecular formula is C27H44O7. The van der Waals surface area contributed by atoms with Crippen molar-refractivity contribution < 1.29 is 33.7 Å². The number of aliphatic hydroxyl groups is 1. The Bertz CT molecular complexity index is 741. The quantitative estimate of drug-likeness (QED) is 0.218. The second kappa shape index (κ2) is 14.4. The Morgan fingerprint density at radius 1 is 1.21 bits per heavy atom. The van der Waals surface area contributed by atoms with Gasteiger partial charge in [-0.25, -0.2) is 4.79 Å². The lowest BCUT2D eigenvalue weighted by Crippen LogP contribution is -2.27. The molecular weight excluding hydrogens is 436 g/mol. The van der Waals surface area contributed by atoms with E-state index >= 15 is 0 Å². The number of Topliss-reactive ketones (excluding diaryl/α,β-unsaturated/α-hetero) is 1. The van der Waals surface area contributed by atoms with Crippen LogP contribution in [0.2, 0.25) is 0 Å². The number of carbonyl (C=O) groups excluding carboxylic acids is 3. The molecule has 0 amide bonds. The van der Waals surface area contributed by atoms with Gasteiger partial charge in [-0.05, 0) is 46.0 Å². The van der Waals surface area contributed by atoms with Gasteiger partial charge in [0.25, 0.3) is 0 Å². The Balaban J connectivity index is 2.68. The van der Waals surface area contributed by atoms with Gasteiger partial charge in [-0.2, -0.15) is 0 Å². The highest BCUT2D eigenvalue weighted by Gasteiger charge is 2.41. The minimum Gasteiger partial charge on any atom is -0.466 e. The van der Waals surface area contributed by atoms with E-state index in [1.807, 2.05) is 19.9 Å². The monoisotopic (exact) mass is 480 g/mol. The van der Waals surface area contributed by atoms with Crippen LogP contribution < -0.4 is 0 Å². The molecule has 0 radical (unpaired) electrons. The lowest BCUT2D eigenvalue weighted by atomic mass is 9.93. The van der Waals surface area contributed by atoms with Crippen molar-refractivity contribution in [1.29, 1.82) is 0 Å². The fourth-order valence-electron chi connectivity index (χ4n) is 4.49. The predicted molar refractivity (Wildman–Crippen MR) is 131 cm³/mol. The van der Waals surface area contributed by atoms with Gasteiger partial charge in [0.1, 0.15) is 11.9 Å². The molecule has 7 heteroatoms. The third kappa shape index (κ3) is 11.0. The van der Waals surface area contributed by atoms with Gasteiger partial charge >= 0.3 is 11.9 Å². The van der Waals surface area contributed by atoms with E-state index in [2.05, 4.69) is 18.6 Å². The topological polar surface area (TPSA) is 99.1 Å². The number of esters is 2. The summed E-state index contributed by atoms with van der Waals surface area (Å²) in [7, 11) is 1.29. The first-order valence-electron chi connectivity index (χ1n) is 12.4. The Morgan fingerprint density at radius 2 is 1.88 bits per heavy atom. The van der Waals surface area contributed by atoms with Crippen LogP contribution in [0, 0.1) is 11.8 Å². The number of hydrogen-bond donors (Lipinski definition) is 1. The van der Waals surface area contributed by atoms with Gasteiger partial charge in [0, 0.05) is 24.8 Å². The van der Waals surface area contributed by atoms with E-state index in [0.717, 1.165) is 31.3 Å². The highest BCUT2D eigenvalue weighted by Crippen LogP contribution is 2.36. The lowest BCUT2D eigenvalue weighted by molar-refractivity contribution is -0.152. The van der Waals surface area contributed by atoms with Crippen LogP contribution in [0.15, 0.2) is 23.8 Å². The number of ketones is 1. The molecule has 0 aromatic carbocycles. The van der Waals surface area contributed by atoms with Crippen molar-refractivity contribution in [3.63, 3.8) is 0 Å². The second-order valence-electron chi connectivity index (χ2n) is 10.0. The van der Waals surface area contributed by atoms with Crippen molar-refractivity contribution >= 4 is 17.7 Å². The standard InChI is InChI=1S/C27H44O7/c1-8-13-27(6)17-22(29)23(34-27)11-9-18(2)14-20(4)24(16-21(5)28)33-26(31)15-19(3)10-12-25(30)32-7/h10,12,14,19-20,22-24,29H,8-9,11,13,15-17H2,1-7H3/b12-10+,18-14+/t19-,20-,22-,23+,24+,27-/m1/s1. The summed E-state index contributed by atoms with van der Waals surface area (Å²) in [5.74, 6) is -1.28. The Kier molecular flexibility index (Phi) is 12.7. The summed E-state index contributed by atoms with van der Waals surface area (Å²) in [6.45, 7) is 11.4. The smallest absolute Gasteiger partial charge is 0.330 e. The summed E-state index contributed by atoms with van der Waals surface area (Å²) < 4.78 is 16.4. The number of hydrogen-bond acceptors (Lipinski definition) is 7. The Morgan fingerprint density at radius 3 is 2.47 bits per heavy atom. The SMILES string of the molecule is CCC[C@]1(C)C[C@@H](O)[C@H](CC/C(C)=C/[C@@H](C)[C@H](CC(C)=O)OC(=O)C[C@H](C)/C=C/C(=O)OC)O1. The van der Waals surface area contributed by atoms with Crippen molar-refractivity contribution in [3.05, 3.63) is 23.8 Å². The molecule has 1 fully saturated rings. The number of ether oxygens (including phenoxy) is 3. The van der Waals surface area contributed by atoms with Gasteiger partial charge in [0.15, 0.2) is 0 Å². The minimum atomic E-state index is -0.557. The van der Waals surface area contributed by atoms with Crippen LogP contribution >= 0.6 is 0 Å². The van der Waals surface area contributed by atoms with Gasteiger partial charge in [0.05, 0.1) is 31.3 Å². The fraction of sp³-hybridized carbons (Fsp3) is 0.741. The van der Waals surface area contributed by atoms with Crippen LogP contribution in [0.4, 0.5) is 0 Å². The summed E-state index contributed by atoms with van der Waals surface area (Å²) in [4.78, 5) is 35.5. The van der Waals surface area contributed by atoms with Crippen LogP contribution in [-0.2, 0) is 28.6 Å². The first-order chi connectivity index (χ1) is 15.9. The van der Waals surface area contributed by atoms with Crippen LogP contribution in [0.25, 0.3) is 0 Å². The lowest BCUT2D eigenvalue weighted by Gasteiger charge is -2.24. The third-order valence-corrected chi connectivity index (χ3v) is 6.26. The molecule has 0 aromatic heterocycles. The van der Waals surface area contributed by atoms with Crippen molar-refractivity contribution in [2.75, 3.05) is 7.11 Å². The number of allylic oxidation sites excluding steroid dienone is 2. The molecule has 0 saturated carbocycles. The van der Waals surface area contributed by atoms with Gasteiger partial charge in [-0.3, -0.25) is 9.59 Å². The van der Waals surface area contributed by atoms with Gasteiger partial charge in [0.2, 0.25) is 0 Å². The normalized spacial score (nSPS) is 25.7. The average Bonchev–Trinajstić information content (AvgIpc) is 3.02. The van der Waals surface area contributed by atoms with Crippen LogP contribution in [0.1, 0.15) is 86.5 Å². The molecule has 1 saturated heterocycles. The first-order valence-corrected chi connectivity index (χ1v) is 12.4. The molecule has 1 heterocycles. The molecule has 1 aliphatic heterocycles. The van der Waals surface area contributed by atoms with E-state index in [1.165, 1.54) is 20.1 Å². The number of methoxy groups -OCH3 is 1. The minimum absolute atomic E-state index is 0.0490. The Hall–Kier alpha value is -1.99. The van der Waals surface area contributed by atoms with Gasteiger partial charge in [-0.15, -0.1) is 0 Å². The molecule has 7 nitrogen and oxygen atoms in total. The fourth-order valence-corrected chi connectivity index (χ4v) is 4.49. The average molecular weight is 481 g/mol. The molecule has 1 N–H and O–H groups in total. The van der Waals surface area contributed by atoms with Crippen molar-refractivity contribution in [2.24, 2.45) is 11.8 Å². The van der Waals surface area contributed by atoms with Gasteiger partial charge in [-0.1, -0.05) is 44.9 Å². The highest BCUT2D eigenvalue weighted by molar-refractivity contribution is 5.82. The maximum Gasteiger partial charge on any atom is 0.330 e. The largest absolute Gasteiger partial charge is 0.466 e. The zero-order valence-corrected chi connectivity index (χ0v) is 22.0. The zero-order valence-electron chi connectivity index (χ0n) is 22.0. The van der Waals surface area contributed by atoms with Crippen LogP contribution in [0.3, 0.4) is 0 Å². The molecule has 1 aliphatic rings. The van der Waals surface area contributed by atoms with Crippen molar-refractivity contribution in [1.82, 2.24) is 0 Å². The zero-order chi connectivity index (χ0) is 25.9. The van der Waals surface area contributed by atoms with Gasteiger partial charge < -0.3 is 19.3 Å². The summed E-state index contributed by atoms with van der Waals surface area (Å²) in [6, 6.07) is 0. The molecule has 0 aliphatic carbocycles. The maximum atomic E-state index is 12.5. The summed E-state index contributed by atoms with van der Waals surface area (Å²) in [6.07, 6.45) is 8.06. The van der Waals surface area contributed by atoms with E-state index < -0.39 is 24.1 Å². The molecule has 0 bridgehead atoms. The molecule has 194 valence electrons. The van der Waals surface area contributed by atoms with E-state index in [1.54, 1.807) is 13.0 Å². The number of carbonyl (C=O) groups is 3. The molecule has 0 spiro atoms. The summed E-state index contributed by atoms with van der Waals surface area (Å²) in [5, 5.41) is 10.4. The van der Waals surface area contributed by atoms with E-state index in [9.17, 15) is 19.5 Å². The summed E-state index contributed by atoms with van der Waals surface area (Å²) >= 11 is 0. The first kappa shape index (κ1) is 30.0. The van der Waals surface area contributed by atoms with E-state index in [0.29, 0.717) is 6.42 Å². The molecule has 0 unspecified atom stereocenters. The molecule has 34 heavy (non-hydrogen) atoms. The second-order valence-corrected chi connectivity index (χ2v) is 10.0. The van der Waals surface area contributed by atoms with Crippen LogP contribution in [-0.4, -0.2) is 53.9 Å². The van der Waals surface area contributed by atoms with E-state index in [-0.39, 0.29) is 42.2 Å². The van der Waals surface area contributed by atoms with Crippen molar-refractivity contribution in [3.8, 4) is 0 Å². The number of aliphatic hydroxyl groups excluding tert-OH is 1. The molecule has 0 aromatic rings. The van der Waals surface area contributed by atoms with Crippen molar-refractivity contribution in [2.45, 2.75) is 110 Å². The van der Waals surface area contributed by atoms with E-state index in [4.69, 9.17) is 9.47 Å². The van der Waals surface area contributed by atoms with Crippen LogP contribution in [0.5, 0.6) is 0 Å². The number of rotatable bonds is 14. The predicted octanol–water partition coefficient (Wildman–Crippen LogP) is 4.70. The maximum absolute atomic E-state index is 12.5. The highest BCUT2D eigenvalue weighted by atomic mass is 16.5.